The Labute approximate surface area is 223 Å². The highest BCUT2D eigenvalue weighted by Gasteiger charge is 2.31. The molecule has 0 amide bonds. The third-order valence-electron chi connectivity index (χ3n) is 5.74. The van der Waals surface area contributed by atoms with Gasteiger partial charge < -0.3 is 9.47 Å². The number of fused-ring (bicyclic) bond motifs is 2. The lowest BCUT2D eigenvalue weighted by Gasteiger charge is -2.25. The molecule has 10 heteroatoms. The molecule has 0 bridgehead atoms. The van der Waals surface area contributed by atoms with Crippen LogP contribution in [-0.4, -0.2) is 54.8 Å². The summed E-state index contributed by atoms with van der Waals surface area (Å²) in [6.45, 7) is -0.144. The van der Waals surface area contributed by atoms with Crippen molar-refractivity contribution in [3.05, 3.63) is 96.1 Å². The number of hydrogen-bond acceptors (Lipinski definition) is 8. The Balaban J connectivity index is 1.44. The highest BCUT2D eigenvalue weighted by Crippen LogP contribution is 2.19. The fourth-order valence-electron chi connectivity index (χ4n) is 4.09. The van der Waals surface area contributed by atoms with E-state index in [1.807, 2.05) is 84.9 Å². The van der Waals surface area contributed by atoms with E-state index in [1.165, 1.54) is 0 Å². The van der Waals surface area contributed by atoms with Gasteiger partial charge in [0.2, 0.25) is 0 Å². The highest BCUT2D eigenvalue weighted by molar-refractivity contribution is 7.86. The van der Waals surface area contributed by atoms with E-state index < -0.39 is 32.4 Å². The summed E-state index contributed by atoms with van der Waals surface area (Å²) in [5, 5.41) is 4.25. The maximum atomic E-state index is 12.0. The Morgan fingerprint density at radius 1 is 0.553 bits per heavy atom. The van der Waals surface area contributed by atoms with Crippen LogP contribution in [0, 0.1) is 0 Å². The van der Waals surface area contributed by atoms with Crippen LogP contribution in [0.25, 0.3) is 21.5 Å². The van der Waals surface area contributed by atoms with Gasteiger partial charge in [-0.25, -0.2) is 0 Å². The first-order valence-electron chi connectivity index (χ1n) is 11.9. The lowest BCUT2D eigenvalue weighted by molar-refractivity contribution is -0.0494. The summed E-state index contributed by atoms with van der Waals surface area (Å²) in [7, 11) is -7.92. The molecule has 0 aromatic heterocycles. The number of benzene rings is 4. The van der Waals surface area contributed by atoms with E-state index in [4.69, 9.17) is 17.8 Å². The van der Waals surface area contributed by atoms with E-state index in [0.29, 0.717) is 0 Å². The van der Waals surface area contributed by atoms with Crippen LogP contribution >= 0.6 is 0 Å². The second-order valence-electron chi connectivity index (χ2n) is 9.07. The maximum absolute atomic E-state index is 12.0. The van der Waals surface area contributed by atoms with Crippen LogP contribution < -0.4 is 0 Å². The predicted molar refractivity (Wildman–Crippen MR) is 147 cm³/mol. The molecule has 0 heterocycles. The summed E-state index contributed by atoms with van der Waals surface area (Å²) in [5.41, 5.74) is 1.74. The van der Waals surface area contributed by atoms with Gasteiger partial charge in [0.1, 0.15) is 12.2 Å². The van der Waals surface area contributed by atoms with Gasteiger partial charge in [-0.15, -0.1) is 0 Å². The SMILES string of the molecule is CS(=O)(=O)O[C@@H](COCc1ccc2ccccc2c1)[C@H](COCc1ccc2ccccc2c1)OS(C)(=O)=O. The second-order valence-corrected chi connectivity index (χ2v) is 12.3. The molecule has 0 saturated heterocycles. The van der Waals surface area contributed by atoms with Gasteiger partial charge >= 0.3 is 0 Å². The third-order valence-corrected chi connectivity index (χ3v) is 6.93. The molecule has 2 atom stereocenters. The van der Waals surface area contributed by atoms with E-state index in [9.17, 15) is 16.8 Å². The van der Waals surface area contributed by atoms with Crippen molar-refractivity contribution in [2.75, 3.05) is 25.7 Å². The van der Waals surface area contributed by atoms with E-state index in [-0.39, 0.29) is 26.4 Å². The topological polar surface area (TPSA) is 105 Å². The van der Waals surface area contributed by atoms with Crippen molar-refractivity contribution < 1.29 is 34.7 Å². The van der Waals surface area contributed by atoms with Crippen LogP contribution in [0.2, 0.25) is 0 Å². The third kappa shape index (κ3) is 8.59. The largest absolute Gasteiger partial charge is 0.374 e. The minimum absolute atomic E-state index is 0.165. The average Bonchev–Trinajstić information content (AvgIpc) is 2.86. The summed E-state index contributed by atoms with van der Waals surface area (Å²) < 4.78 is 69.9. The van der Waals surface area contributed by atoms with Crippen molar-refractivity contribution in [3.63, 3.8) is 0 Å². The quantitative estimate of drug-likeness (QED) is 0.222. The van der Waals surface area contributed by atoms with E-state index in [0.717, 1.165) is 45.2 Å². The lowest BCUT2D eigenvalue weighted by atomic mass is 10.1. The number of hydrogen-bond donors (Lipinski definition) is 0. The molecule has 4 aromatic rings. The Bertz CT molecular complexity index is 1480. The second kappa shape index (κ2) is 12.3. The molecular formula is C28H30O8S2. The monoisotopic (exact) mass is 558 g/mol. The van der Waals surface area contributed by atoms with Crippen LogP contribution in [-0.2, 0) is 51.3 Å². The van der Waals surface area contributed by atoms with Crippen molar-refractivity contribution in [2.24, 2.45) is 0 Å². The minimum Gasteiger partial charge on any atom is -0.374 e. The molecule has 0 N–H and O–H groups in total. The molecule has 0 fully saturated rings. The molecular weight excluding hydrogens is 528 g/mol. The van der Waals surface area contributed by atoms with Crippen molar-refractivity contribution in [3.8, 4) is 0 Å². The first-order chi connectivity index (χ1) is 18.1. The zero-order valence-corrected chi connectivity index (χ0v) is 22.8. The van der Waals surface area contributed by atoms with Crippen molar-refractivity contribution in [1.29, 1.82) is 0 Å². The first-order valence-corrected chi connectivity index (χ1v) is 15.6. The van der Waals surface area contributed by atoms with Gasteiger partial charge in [0.05, 0.1) is 38.9 Å². The van der Waals surface area contributed by atoms with Crippen molar-refractivity contribution >= 4 is 41.8 Å². The summed E-state index contributed by atoms with van der Waals surface area (Å²) in [6.07, 6.45) is -0.735. The maximum Gasteiger partial charge on any atom is 0.264 e. The fraction of sp³-hybridized carbons (Fsp3) is 0.286. The fourth-order valence-corrected chi connectivity index (χ4v) is 5.34. The molecule has 0 unspecified atom stereocenters. The molecule has 38 heavy (non-hydrogen) atoms. The Kier molecular flexibility index (Phi) is 9.14. The van der Waals surface area contributed by atoms with Gasteiger partial charge in [0, 0.05) is 0 Å². The molecule has 4 aromatic carbocycles. The molecule has 0 radical (unpaired) electrons. The van der Waals surface area contributed by atoms with Gasteiger partial charge in [-0.3, -0.25) is 8.37 Å². The van der Waals surface area contributed by atoms with Crippen LogP contribution in [0.1, 0.15) is 11.1 Å². The standard InChI is InChI=1S/C28H30O8S2/c1-37(29,30)35-27(19-33-17-21-11-13-23-7-3-5-9-25(23)15-21)28(36-38(2,31)32)20-34-18-22-12-14-24-8-4-6-10-26(24)16-22/h3-16,27-28H,17-20H2,1-2H3/t27-,28-/m0/s1. The van der Waals surface area contributed by atoms with Gasteiger partial charge in [0.15, 0.2) is 0 Å². The van der Waals surface area contributed by atoms with Crippen molar-refractivity contribution in [1.82, 2.24) is 0 Å². The van der Waals surface area contributed by atoms with Crippen LogP contribution in [0.15, 0.2) is 84.9 Å². The molecule has 0 spiro atoms. The van der Waals surface area contributed by atoms with Gasteiger partial charge in [-0.05, 0) is 44.8 Å². The molecule has 0 aliphatic carbocycles. The van der Waals surface area contributed by atoms with E-state index in [1.54, 1.807) is 0 Å². The lowest BCUT2D eigenvalue weighted by Crippen LogP contribution is -2.41. The zero-order chi connectivity index (χ0) is 27.2. The molecule has 8 nitrogen and oxygen atoms in total. The van der Waals surface area contributed by atoms with Crippen molar-refractivity contribution in [2.45, 2.75) is 25.4 Å². The summed E-state index contributed by atoms with van der Waals surface area (Å²) in [4.78, 5) is 0. The molecule has 0 saturated carbocycles. The molecule has 202 valence electrons. The highest BCUT2D eigenvalue weighted by atomic mass is 32.2. The molecule has 0 aliphatic rings. The van der Waals surface area contributed by atoms with Crippen LogP contribution in [0.3, 0.4) is 0 Å². The summed E-state index contributed by atoms with van der Waals surface area (Å²) >= 11 is 0. The number of rotatable bonds is 13. The average molecular weight is 559 g/mol. The zero-order valence-electron chi connectivity index (χ0n) is 21.1. The van der Waals surface area contributed by atoms with E-state index in [2.05, 4.69) is 0 Å². The van der Waals surface area contributed by atoms with Gasteiger partial charge in [-0.2, -0.15) is 16.8 Å². The van der Waals surface area contributed by atoms with E-state index >= 15 is 0 Å². The Morgan fingerprint density at radius 3 is 1.29 bits per heavy atom. The van der Waals surface area contributed by atoms with Gasteiger partial charge in [0.25, 0.3) is 20.2 Å². The van der Waals surface area contributed by atoms with Gasteiger partial charge in [-0.1, -0.05) is 72.8 Å². The minimum atomic E-state index is -3.96. The summed E-state index contributed by atoms with van der Waals surface area (Å²) in [5.74, 6) is 0. The predicted octanol–water partition coefficient (Wildman–Crippen LogP) is 4.42. The molecule has 4 rings (SSSR count). The normalized spacial score (nSPS) is 14.1. The first kappa shape index (κ1) is 28.2. The molecule has 0 aliphatic heterocycles. The number of ether oxygens (including phenoxy) is 2. The van der Waals surface area contributed by atoms with Crippen LogP contribution in [0.5, 0.6) is 0 Å². The smallest absolute Gasteiger partial charge is 0.264 e. The summed E-state index contributed by atoms with van der Waals surface area (Å²) in [6, 6.07) is 27.4. The Hall–Kier alpha value is -2.86. The Morgan fingerprint density at radius 2 is 0.921 bits per heavy atom. The van der Waals surface area contributed by atoms with Crippen LogP contribution in [0.4, 0.5) is 0 Å².